The number of ether oxygens (including phenoxy) is 2. The summed E-state index contributed by atoms with van der Waals surface area (Å²) < 4.78 is 32.5. The number of allylic oxidation sites excluding steroid dienone is 18. The van der Waals surface area contributed by atoms with Crippen molar-refractivity contribution >= 4 is 19.8 Å². The summed E-state index contributed by atoms with van der Waals surface area (Å²) in [5, 5.41) is 38.4. The molecule has 0 bridgehead atoms. The molecule has 0 aromatic rings. The lowest BCUT2D eigenvalue weighted by atomic mass is 10.2. The molecule has 5 atom stereocenters. The molecule has 0 aliphatic heterocycles. The zero-order valence-electron chi connectivity index (χ0n) is 37.7. The van der Waals surface area contributed by atoms with Gasteiger partial charge in [-0.15, -0.1) is 0 Å². The highest BCUT2D eigenvalue weighted by atomic mass is 31.2. The normalized spacial score (nSPS) is 16.0. The predicted molar refractivity (Wildman–Crippen MR) is 253 cm³/mol. The Kier molecular flexibility index (Phi) is 40.6. The van der Waals surface area contributed by atoms with Crippen LogP contribution in [-0.2, 0) is 32.7 Å². The van der Waals surface area contributed by atoms with Crippen LogP contribution in [-0.4, -0.2) is 88.1 Å². The Morgan fingerprint density at radius 3 is 1.76 bits per heavy atom. The first-order chi connectivity index (χ1) is 30.5. The molecule has 0 spiro atoms. The molecule has 0 radical (unpaired) electrons. The number of esters is 2. The summed E-state index contributed by atoms with van der Waals surface area (Å²) in [6.07, 6.45) is 50.7. The summed E-state index contributed by atoms with van der Waals surface area (Å²) in [4.78, 5) is 35.0. The van der Waals surface area contributed by atoms with Gasteiger partial charge in [0.05, 0.1) is 32.0 Å². The van der Waals surface area contributed by atoms with E-state index in [1.807, 2.05) is 67.7 Å². The Balaban J connectivity index is 4.68. The van der Waals surface area contributed by atoms with Gasteiger partial charge in [-0.05, 0) is 77.0 Å². The van der Waals surface area contributed by atoms with E-state index in [4.69, 9.17) is 19.1 Å². The SMILES string of the molecule is CC/C=C\C[C@H](O)/C=C/C=C\C/C=C\C=C\[C@H](O)/C=C\CCCC(=O)O[C@H](COC(=O)CC/C=C\C/C=C\C/C=C\C/C=C\C/C=C\CCCCC)COP(=O)(O)OC[C@@H](O)CO. The average Bonchev–Trinajstić information content (AvgIpc) is 3.26. The van der Waals surface area contributed by atoms with E-state index in [1.54, 1.807) is 30.4 Å². The van der Waals surface area contributed by atoms with E-state index >= 15 is 0 Å². The molecule has 0 amide bonds. The topological polar surface area (TPSA) is 189 Å². The molecule has 5 N–H and O–H groups in total. The molecular weight excluding hydrogens is 824 g/mol. The van der Waals surface area contributed by atoms with Crippen LogP contribution in [0.2, 0.25) is 0 Å². The number of rotatable bonds is 39. The average molecular weight is 901 g/mol. The second-order valence-corrected chi connectivity index (χ2v) is 15.8. The summed E-state index contributed by atoms with van der Waals surface area (Å²) in [6.45, 7) is 1.82. The van der Waals surface area contributed by atoms with Gasteiger partial charge in [-0.3, -0.25) is 18.6 Å². The van der Waals surface area contributed by atoms with Crippen molar-refractivity contribution in [1.82, 2.24) is 0 Å². The van der Waals surface area contributed by atoms with Crippen LogP contribution in [0, 0.1) is 0 Å². The number of aliphatic hydroxyl groups excluding tert-OH is 4. The van der Waals surface area contributed by atoms with Crippen LogP contribution in [0.15, 0.2) is 134 Å². The second-order valence-electron chi connectivity index (χ2n) is 14.4. The fourth-order valence-corrected chi connectivity index (χ4v) is 5.80. The van der Waals surface area contributed by atoms with Gasteiger partial charge in [-0.25, -0.2) is 4.57 Å². The quantitative estimate of drug-likeness (QED) is 0.0129. The number of carbonyl (C=O) groups excluding carboxylic acids is 2. The third-order valence-electron chi connectivity index (χ3n) is 8.48. The fourth-order valence-electron chi connectivity index (χ4n) is 5.01. The van der Waals surface area contributed by atoms with Crippen LogP contribution in [0.5, 0.6) is 0 Å². The third-order valence-corrected chi connectivity index (χ3v) is 9.43. The first-order valence-electron chi connectivity index (χ1n) is 22.4. The van der Waals surface area contributed by atoms with Gasteiger partial charge in [-0.2, -0.15) is 0 Å². The van der Waals surface area contributed by atoms with Gasteiger partial charge in [0.15, 0.2) is 6.10 Å². The summed E-state index contributed by atoms with van der Waals surface area (Å²) in [6, 6.07) is 0. The summed E-state index contributed by atoms with van der Waals surface area (Å²) in [7, 11) is -4.70. The molecule has 0 saturated carbocycles. The highest BCUT2D eigenvalue weighted by molar-refractivity contribution is 7.47. The maximum Gasteiger partial charge on any atom is 0.472 e. The Morgan fingerprint density at radius 1 is 0.571 bits per heavy atom. The Bertz CT molecular complexity index is 1530. The van der Waals surface area contributed by atoms with E-state index in [9.17, 15) is 34.4 Å². The highest BCUT2D eigenvalue weighted by Crippen LogP contribution is 2.43. The third kappa shape index (κ3) is 43.1. The molecular formula is C50H77O12P. The first kappa shape index (κ1) is 59.0. The molecule has 0 saturated heterocycles. The van der Waals surface area contributed by atoms with Crippen LogP contribution in [0.3, 0.4) is 0 Å². The van der Waals surface area contributed by atoms with E-state index < -0.39 is 70.6 Å². The lowest BCUT2D eigenvalue weighted by Crippen LogP contribution is -2.29. The van der Waals surface area contributed by atoms with Gasteiger partial charge >= 0.3 is 19.8 Å². The van der Waals surface area contributed by atoms with E-state index in [1.165, 1.54) is 19.3 Å². The predicted octanol–water partition coefficient (Wildman–Crippen LogP) is 10.0. The van der Waals surface area contributed by atoms with E-state index in [0.717, 1.165) is 38.5 Å². The molecule has 1 unspecified atom stereocenters. The summed E-state index contributed by atoms with van der Waals surface area (Å²) in [5.41, 5.74) is 0. The molecule has 13 heteroatoms. The van der Waals surface area contributed by atoms with Crippen molar-refractivity contribution in [3.05, 3.63) is 134 Å². The zero-order valence-corrected chi connectivity index (χ0v) is 38.6. The lowest BCUT2D eigenvalue weighted by Gasteiger charge is -2.20. The molecule has 0 fully saturated rings. The minimum Gasteiger partial charge on any atom is -0.462 e. The molecule has 0 aromatic carbocycles. The van der Waals surface area contributed by atoms with Gasteiger partial charge in [0.25, 0.3) is 0 Å². The number of phosphoric acid groups is 1. The van der Waals surface area contributed by atoms with E-state index in [-0.39, 0.29) is 12.8 Å². The Morgan fingerprint density at radius 2 is 1.14 bits per heavy atom. The van der Waals surface area contributed by atoms with Crippen molar-refractivity contribution in [2.75, 3.05) is 26.4 Å². The van der Waals surface area contributed by atoms with Crippen molar-refractivity contribution in [2.24, 2.45) is 0 Å². The molecule has 0 heterocycles. The highest BCUT2D eigenvalue weighted by Gasteiger charge is 2.27. The van der Waals surface area contributed by atoms with Crippen molar-refractivity contribution in [3.8, 4) is 0 Å². The summed E-state index contributed by atoms with van der Waals surface area (Å²) >= 11 is 0. The van der Waals surface area contributed by atoms with E-state index in [0.29, 0.717) is 32.1 Å². The van der Waals surface area contributed by atoms with Gasteiger partial charge < -0.3 is 34.8 Å². The molecule has 12 nitrogen and oxygen atoms in total. The smallest absolute Gasteiger partial charge is 0.462 e. The number of carbonyl (C=O) groups is 2. The number of phosphoric ester groups is 1. The molecule has 0 aromatic heterocycles. The van der Waals surface area contributed by atoms with Crippen molar-refractivity contribution in [2.45, 2.75) is 141 Å². The first-order valence-corrected chi connectivity index (χ1v) is 23.9. The van der Waals surface area contributed by atoms with Gasteiger partial charge in [0, 0.05) is 12.8 Å². The summed E-state index contributed by atoms with van der Waals surface area (Å²) in [5.74, 6) is -1.22. The molecule has 0 aliphatic carbocycles. The monoisotopic (exact) mass is 901 g/mol. The minimum atomic E-state index is -4.70. The van der Waals surface area contributed by atoms with Crippen molar-refractivity contribution < 1.29 is 58.0 Å². The number of hydrogen-bond donors (Lipinski definition) is 5. The van der Waals surface area contributed by atoms with E-state index in [2.05, 4.69) is 54.0 Å². The second kappa shape index (κ2) is 43.3. The minimum absolute atomic E-state index is 0.0265. The van der Waals surface area contributed by atoms with Gasteiger partial charge in [-0.1, -0.05) is 160 Å². The molecule has 63 heavy (non-hydrogen) atoms. The molecule has 0 rings (SSSR count). The fraction of sp³-hybridized carbons (Fsp3) is 0.520. The molecule has 354 valence electrons. The standard InChI is InChI=1S/C50H77O12P/c1-3-5-7-8-9-10-11-12-13-14-15-16-17-18-19-20-24-27-33-39-49(55)59-43-48(44-61-63(57,58)60-42-47(54)41-51)62-50(56)40-34-28-32-38-46(53)37-31-26-23-21-22-25-30-36-45(52)35-29-6-4-2/h6,9-10,12-13,15-16,18-19,22-27,29-32,36-38,45-48,51-54H,3-5,7-8,11,14,17,20-21,28,33-35,39-44H2,1-2H3,(H,57,58)/b10-9-,13-12-,16-15-,19-18-,25-22-,26-23-,27-24-,29-6-,36-30+,37-31+,38-32-/t45-,46-,47-,48+/m0/s1. The van der Waals surface area contributed by atoms with Crippen molar-refractivity contribution in [3.63, 3.8) is 0 Å². The Hall–Kier alpha value is -3.97. The van der Waals surface area contributed by atoms with Crippen LogP contribution < -0.4 is 0 Å². The maximum atomic E-state index is 12.6. The van der Waals surface area contributed by atoms with Gasteiger partial charge in [0.1, 0.15) is 12.7 Å². The zero-order chi connectivity index (χ0) is 46.5. The number of aliphatic hydroxyl groups is 4. The molecule has 0 aliphatic rings. The van der Waals surface area contributed by atoms with Crippen LogP contribution >= 0.6 is 7.82 Å². The lowest BCUT2D eigenvalue weighted by molar-refractivity contribution is -0.161. The number of hydrogen-bond acceptors (Lipinski definition) is 11. The van der Waals surface area contributed by atoms with Crippen molar-refractivity contribution in [1.29, 1.82) is 0 Å². The van der Waals surface area contributed by atoms with Gasteiger partial charge in [0.2, 0.25) is 0 Å². The largest absolute Gasteiger partial charge is 0.472 e. The Labute approximate surface area is 377 Å². The van der Waals surface area contributed by atoms with Crippen LogP contribution in [0.4, 0.5) is 0 Å². The van der Waals surface area contributed by atoms with Crippen LogP contribution in [0.1, 0.15) is 117 Å². The van der Waals surface area contributed by atoms with Crippen LogP contribution in [0.25, 0.3) is 0 Å². The maximum absolute atomic E-state index is 12.6. The number of unbranched alkanes of at least 4 members (excludes halogenated alkanes) is 4.